The molecule has 7 heteroatoms. The minimum Gasteiger partial charge on any atom is -0.367 e. The molecule has 2 aliphatic rings. The molecule has 1 saturated carbocycles. The van der Waals surface area contributed by atoms with Crippen LogP contribution in [0.1, 0.15) is 42.0 Å². The number of piperazine rings is 1. The summed E-state index contributed by atoms with van der Waals surface area (Å²) >= 11 is 0. The van der Waals surface area contributed by atoms with Crippen LogP contribution >= 0.6 is 0 Å². The highest BCUT2D eigenvalue weighted by Crippen LogP contribution is 2.22. The van der Waals surface area contributed by atoms with Crippen molar-refractivity contribution in [1.82, 2.24) is 19.9 Å². The molecule has 4 rings (SSSR count). The maximum Gasteiger partial charge on any atom is 0.272 e. The van der Waals surface area contributed by atoms with Gasteiger partial charge in [-0.15, -0.1) is 0 Å². The van der Waals surface area contributed by atoms with Crippen molar-refractivity contribution in [2.75, 3.05) is 36.4 Å². The summed E-state index contributed by atoms with van der Waals surface area (Å²) in [5, 5.41) is 3.47. The van der Waals surface area contributed by atoms with Gasteiger partial charge in [-0.1, -0.05) is 18.9 Å². The summed E-state index contributed by atoms with van der Waals surface area (Å²) in [6, 6.07) is 8.18. The highest BCUT2D eigenvalue weighted by molar-refractivity contribution is 5.93. The number of nitrogens with one attached hydrogen (secondary N) is 1. The number of hydrogen-bond donors (Lipinski definition) is 1. The van der Waals surface area contributed by atoms with Crippen molar-refractivity contribution in [1.29, 1.82) is 0 Å². The Hall–Kier alpha value is -2.70. The monoisotopic (exact) mass is 366 g/mol. The Kier molecular flexibility index (Phi) is 5.18. The summed E-state index contributed by atoms with van der Waals surface area (Å²) in [5.41, 5.74) is 0.481. The van der Waals surface area contributed by atoms with E-state index < -0.39 is 0 Å². The van der Waals surface area contributed by atoms with Gasteiger partial charge in [0.1, 0.15) is 23.2 Å². The number of carbonyl (C=O) groups excluding carboxylic acids is 1. The van der Waals surface area contributed by atoms with Crippen molar-refractivity contribution in [2.45, 2.75) is 38.6 Å². The van der Waals surface area contributed by atoms with Crippen LogP contribution in [0.25, 0.3) is 0 Å². The normalized spacial score (nSPS) is 18.0. The molecule has 0 unspecified atom stereocenters. The van der Waals surface area contributed by atoms with Gasteiger partial charge in [-0.25, -0.2) is 15.0 Å². The molecular formula is C20H26N6O. The van der Waals surface area contributed by atoms with Crippen LogP contribution in [-0.2, 0) is 0 Å². The highest BCUT2D eigenvalue weighted by Gasteiger charge is 2.24. The molecule has 1 amide bonds. The van der Waals surface area contributed by atoms with E-state index in [1.54, 1.807) is 12.3 Å². The third-order valence-electron chi connectivity index (χ3n) is 5.30. The smallest absolute Gasteiger partial charge is 0.272 e. The molecule has 0 spiro atoms. The predicted octanol–water partition coefficient (Wildman–Crippen LogP) is 2.50. The molecule has 2 aromatic heterocycles. The number of rotatable bonds is 4. The van der Waals surface area contributed by atoms with Gasteiger partial charge in [0.05, 0.1) is 0 Å². The van der Waals surface area contributed by atoms with E-state index in [0.717, 1.165) is 24.7 Å². The fourth-order valence-corrected chi connectivity index (χ4v) is 3.87. The van der Waals surface area contributed by atoms with Crippen molar-refractivity contribution < 1.29 is 4.79 Å². The number of aryl methyl sites for hydroxylation is 1. The summed E-state index contributed by atoms with van der Waals surface area (Å²) in [7, 11) is 0. The van der Waals surface area contributed by atoms with Gasteiger partial charge in [0.15, 0.2) is 0 Å². The van der Waals surface area contributed by atoms with E-state index in [1.807, 2.05) is 30.0 Å². The lowest BCUT2D eigenvalue weighted by Gasteiger charge is -2.35. The van der Waals surface area contributed by atoms with Gasteiger partial charge in [0.2, 0.25) is 0 Å². The molecule has 2 aromatic rings. The van der Waals surface area contributed by atoms with E-state index in [9.17, 15) is 4.79 Å². The third kappa shape index (κ3) is 4.18. The van der Waals surface area contributed by atoms with Crippen molar-refractivity contribution in [3.8, 4) is 0 Å². The fraction of sp³-hybridized carbons (Fsp3) is 0.500. The lowest BCUT2D eigenvalue weighted by molar-refractivity contribution is 0.0740. The minimum absolute atomic E-state index is 0.0179. The Morgan fingerprint density at radius 2 is 1.89 bits per heavy atom. The number of carbonyl (C=O) groups is 1. The lowest BCUT2D eigenvalue weighted by Crippen LogP contribution is -2.49. The Bertz CT molecular complexity index is 782. The molecule has 2 fully saturated rings. The second-order valence-corrected chi connectivity index (χ2v) is 7.28. The number of anilines is 2. The fourth-order valence-electron chi connectivity index (χ4n) is 3.87. The van der Waals surface area contributed by atoms with Gasteiger partial charge in [-0.3, -0.25) is 4.79 Å². The second kappa shape index (κ2) is 7.90. The van der Waals surface area contributed by atoms with Crippen LogP contribution in [0.4, 0.5) is 11.6 Å². The largest absolute Gasteiger partial charge is 0.367 e. The van der Waals surface area contributed by atoms with Crippen LogP contribution < -0.4 is 10.2 Å². The minimum atomic E-state index is -0.0179. The Morgan fingerprint density at radius 3 is 2.59 bits per heavy atom. The number of pyridine rings is 1. The molecule has 0 aromatic carbocycles. The van der Waals surface area contributed by atoms with Crippen LogP contribution in [0.5, 0.6) is 0 Å². The molecular weight excluding hydrogens is 340 g/mol. The molecule has 1 aliphatic heterocycles. The number of nitrogens with zero attached hydrogens (tertiary/aromatic N) is 5. The Balaban J connectivity index is 1.41. The zero-order valence-corrected chi connectivity index (χ0v) is 15.8. The summed E-state index contributed by atoms with van der Waals surface area (Å²) in [6.45, 7) is 4.74. The number of hydrogen-bond acceptors (Lipinski definition) is 6. The number of aromatic nitrogens is 3. The van der Waals surface area contributed by atoms with Crippen molar-refractivity contribution in [3.63, 3.8) is 0 Å². The van der Waals surface area contributed by atoms with E-state index in [-0.39, 0.29) is 5.91 Å². The predicted molar refractivity (Wildman–Crippen MR) is 105 cm³/mol. The maximum absolute atomic E-state index is 13.0. The topological polar surface area (TPSA) is 74.2 Å². The van der Waals surface area contributed by atoms with Crippen LogP contribution in [0.3, 0.4) is 0 Å². The van der Waals surface area contributed by atoms with Gasteiger partial charge in [-0.05, 0) is 31.9 Å². The Morgan fingerprint density at radius 1 is 1.11 bits per heavy atom. The molecule has 142 valence electrons. The maximum atomic E-state index is 13.0. The van der Waals surface area contributed by atoms with E-state index in [4.69, 9.17) is 0 Å². The van der Waals surface area contributed by atoms with Crippen molar-refractivity contribution in [2.24, 2.45) is 0 Å². The molecule has 1 N–H and O–H groups in total. The van der Waals surface area contributed by atoms with Crippen LogP contribution in [0.2, 0.25) is 0 Å². The molecule has 0 radical (unpaired) electrons. The molecule has 0 bridgehead atoms. The zero-order valence-electron chi connectivity index (χ0n) is 15.8. The average Bonchev–Trinajstić information content (AvgIpc) is 3.21. The van der Waals surface area contributed by atoms with Gasteiger partial charge < -0.3 is 15.1 Å². The van der Waals surface area contributed by atoms with Crippen LogP contribution in [0.15, 0.2) is 30.5 Å². The molecule has 7 nitrogen and oxygen atoms in total. The number of amides is 1. The molecule has 3 heterocycles. The molecule has 27 heavy (non-hydrogen) atoms. The molecule has 1 saturated heterocycles. The van der Waals surface area contributed by atoms with E-state index in [1.165, 1.54) is 25.7 Å². The standard InChI is InChI=1S/C20H26N6O/c1-15-22-17(14-18(23-15)24-16-6-2-3-7-16)20(27)26-12-10-25(11-13-26)19-8-4-5-9-21-19/h4-5,8-9,14,16H,2-3,6-7,10-13H2,1H3,(H,22,23,24). The quantitative estimate of drug-likeness (QED) is 0.896. The van der Waals surface area contributed by atoms with Crippen LogP contribution in [0, 0.1) is 6.92 Å². The van der Waals surface area contributed by atoms with Crippen molar-refractivity contribution in [3.05, 3.63) is 42.0 Å². The second-order valence-electron chi connectivity index (χ2n) is 7.28. The van der Waals surface area contributed by atoms with Gasteiger partial charge in [0, 0.05) is 44.5 Å². The summed E-state index contributed by atoms with van der Waals surface area (Å²) in [5.74, 6) is 2.35. The van der Waals surface area contributed by atoms with E-state index >= 15 is 0 Å². The third-order valence-corrected chi connectivity index (χ3v) is 5.30. The van der Waals surface area contributed by atoms with Crippen molar-refractivity contribution >= 4 is 17.5 Å². The highest BCUT2D eigenvalue weighted by atomic mass is 16.2. The van der Waals surface area contributed by atoms with Gasteiger partial charge >= 0.3 is 0 Å². The van der Waals surface area contributed by atoms with Crippen LogP contribution in [-0.4, -0.2) is 58.0 Å². The Labute approximate surface area is 159 Å². The van der Waals surface area contributed by atoms with E-state index in [2.05, 4.69) is 25.2 Å². The molecule has 0 atom stereocenters. The summed E-state index contributed by atoms with van der Waals surface area (Å²) < 4.78 is 0. The molecule has 1 aliphatic carbocycles. The van der Waals surface area contributed by atoms with Gasteiger partial charge in [0.25, 0.3) is 5.91 Å². The zero-order chi connectivity index (χ0) is 18.6. The summed E-state index contributed by atoms with van der Waals surface area (Å²) in [6.07, 6.45) is 6.65. The summed E-state index contributed by atoms with van der Waals surface area (Å²) in [4.78, 5) is 30.3. The first kappa shape index (κ1) is 17.7. The SMILES string of the molecule is Cc1nc(NC2CCCC2)cc(C(=O)N2CCN(c3ccccn3)CC2)n1. The first-order chi connectivity index (χ1) is 13.2. The van der Waals surface area contributed by atoms with Gasteiger partial charge in [-0.2, -0.15) is 0 Å². The average molecular weight is 366 g/mol. The first-order valence-electron chi connectivity index (χ1n) is 9.76. The van der Waals surface area contributed by atoms with E-state index in [0.29, 0.717) is 30.6 Å². The first-order valence-corrected chi connectivity index (χ1v) is 9.76. The lowest BCUT2D eigenvalue weighted by atomic mass is 10.2.